The van der Waals surface area contributed by atoms with Gasteiger partial charge < -0.3 is 20.1 Å². The minimum Gasteiger partial charge on any atom is -0.465 e. The maximum absolute atomic E-state index is 6.00. The second-order valence-electron chi connectivity index (χ2n) is 9.29. The van der Waals surface area contributed by atoms with Crippen molar-refractivity contribution in [3.8, 4) is 17.0 Å². The Morgan fingerprint density at radius 3 is 2.76 bits per heavy atom. The molecule has 174 valence electrons. The van der Waals surface area contributed by atoms with Crippen molar-refractivity contribution < 1.29 is 9.47 Å². The molecular weight excluding hydrogens is 410 g/mol. The number of piperidine rings is 1. The maximum Gasteiger partial charge on any atom is 0.199 e. The molecule has 0 amide bonds. The van der Waals surface area contributed by atoms with E-state index in [0.717, 1.165) is 66.5 Å². The molecule has 2 aliphatic rings. The van der Waals surface area contributed by atoms with Crippen LogP contribution in [-0.4, -0.2) is 37.5 Å². The Morgan fingerprint density at radius 1 is 1.03 bits per heavy atom. The summed E-state index contributed by atoms with van der Waals surface area (Å²) in [4.78, 5) is 4.94. The Labute approximate surface area is 196 Å². The van der Waals surface area contributed by atoms with E-state index in [1.807, 2.05) is 12.1 Å². The summed E-state index contributed by atoms with van der Waals surface area (Å²) in [6.45, 7) is 4.13. The van der Waals surface area contributed by atoms with Crippen molar-refractivity contribution in [2.75, 3.05) is 31.6 Å². The topological polar surface area (TPSA) is 55.4 Å². The number of anilines is 1. The molecule has 2 saturated heterocycles. The molecule has 0 bridgehead atoms. The van der Waals surface area contributed by atoms with Crippen LogP contribution in [0.25, 0.3) is 22.2 Å². The smallest absolute Gasteiger partial charge is 0.199 e. The Balaban J connectivity index is 1.27. The van der Waals surface area contributed by atoms with Gasteiger partial charge in [-0.3, -0.25) is 0 Å². The van der Waals surface area contributed by atoms with E-state index in [2.05, 4.69) is 53.1 Å². The zero-order valence-electron chi connectivity index (χ0n) is 19.4. The molecule has 0 radical (unpaired) electrons. The van der Waals surface area contributed by atoms with Crippen molar-refractivity contribution >= 4 is 16.6 Å². The minimum absolute atomic E-state index is 0.122. The van der Waals surface area contributed by atoms with Crippen molar-refractivity contribution in [3.05, 3.63) is 54.6 Å². The highest BCUT2D eigenvalue weighted by Crippen LogP contribution is 2.30. The lowest BCUT2D eigenvalue weighted by Gasteiger charge is -2.23. The third kappa shape index (κ3) is 5.84. The second kappa shape index (κ2) is 11.0. The standard InChI is InChI=1S/C28H35N3O2/c1-2-10-25-24(9-1)27(30-17-6-8-21-7-5-16-29-20-21)19-26(31-25)22-12-14-23(15-13-22)33-28-11-3-4-18-32-28/h1-2,9-10,12-15,19,21,28-29H,3-8,11,16-18,20H2,(H,30,31). The normalized spacial score (nSPS) is 21.1. The number of pyridine rings is 1. The molecule has 5 heteroatoms. The van der Waals surface area contributed by atoms with Gasteiger partial charge in [0.1, 0.15) is 5.75 Å². The molecule has 2 fully saturated rings. The molecule has 2 atom stereocenters. The van der Waals surface area contributed by atoms with Gasteiger partial charge in [-0.2, -0.15) is 0 Å². The van der Waals surface area contributed by atoms with E-state index in [9.17, 15) is 0 Å². The maximum atomic E-state index is 6.00. The van der Waals surface area contributed by atoms with Crippen LogP contribution >= 0.6 is 0 Å². The molecule has 3 heterocycles. The molecule has 2 unspecified atom stereocenters. The van der Waals surface area contributed by atoms with E-state index in [0.29, 0.717) is 0 Å². The van der Waals surface area contributed by atoms with Crippen LogP contribution in [0.3, 0.4) is 0 Å². The first-order chi connectivity index (χ1) is 16.3. The van der Waals surface area contributed by atoms with Gasteiger partial charge in [-0.05, 0) is 93.9 Å². The van der Waals surface area contributed by atoms with Gasteiger partial charge in [0.05, 0.1) is 17.8 Å². The van der Waals surface area contributed by atoms with E-state index < -0.39 is 0 Å². The first-order valence-electron chi connectivity index (χ1n) is 12.6. The Hall–Kier alpha value is -2.63. The van der Waals surface area contributed by atoms with Crippen LogP contribution < -0.4 is 15.4 Å². The van der Waals surface area contributed by atoms with E-state index >= 15 is 0 Å². The number of ether oxygens (including phenoxy) is 2. The largest absolute Gasteiger partial charge is 0.465 e. The van der Waals surface area contributed by atoms with Gasteiger partial charge in [0.25, 0.3) is 0 Å². The average Bonchev–Trinajstić information content (AvgIpc) is 2.88. The van der Waals surface area contributed by atoms with Gasteiger partial charge in [-0.15, -0.1) is 0 Å². The number of fused-ring (bicyclic) bond motifs is 1. The number of aromatic nitrogens is 1. The molecule has 0 saturated carbocycles. The summed E-state index contributed by atoms with van der Waals surface area (Å²) in [5, 5.41) is 8.40. The highest BCUT2D eigenvalue weighted by Gasteiger charge is 2.16. The van der Waals surface area contributed by atoms with Crippen LogP contribution in [0.1, 0.15) is 44.9 Å². The van der Waals surface area contributed by atoms with Crippen molar-refractivity contribution in [1.82, 2.24) is 10.3 Å². The number of nitrogens with zero attached hydrogens (tertiary/aromatic N) is 1. The van der Waals surface area contributed by atoms with Crippen molar-refractivity contribution in [2.24, 2.45) is 5.92 Å². The van der Waals surface area contributed by atoms with E-state index in [1.54, 1.807) is 0 Å². The van der Waals surface area contributed by atoms with Crippen molar-refractivity contribution in [1.29, 1.82) is 0 Å². The lowest BCUT2D eigenvalue weighted by Crippen LogP contribution is -2.29. The van der Waals surface area contributed by atoms with Gasteiger partial charge in [0.2, 0.25) is 0 Å². The zero-order chi connectivity index (χ0) is 22.3. The predicted octanol–water partition coefficient (Wildman–Crippen LogP) is 6.00. The summed E-state index contributed by atoms with van der Waals surface area (Å²) >= 11 is 0. The summed E-state index contributed by atoms with van der Waals surface area (Å²) in [6, 6.07) is 18.8. The fraction of sp³-hybridized carbons (Fsp3) is 0.464. The first kappa shape index (κ1) is 22.2. The molecule has 33 heavy (non-hydrogen) atoms. The minimum atomic E-state index is -0.122. The van der Waals surface area contributed by atoms with Crippen LogP contribution in [0.2, 0.25) is 0 Å². The number of hydrogen-bond donors (Lipinski definition) is 2. The summed E-state index contributed by atoms with van der Waals surface area (Å²) in [7, 11) is 0. The molecule has 5 rings (SSSR count). The quantitative estimate of drug-likeness (QED) is 0.417. The molecule has 2 aliphatic heterocycles. The van der Waals surface area contributed by atoms with Crippen LogP contribution in [0.4, 0.5) is 5.69 Å². The van der Waals surface area contributed by atoms with Crippen LogP contribution in [0, 0.1) is 5.92 Å². The molecular formula is C28H35N3O2. The SMILES string of the molecule is c1ccc2c(NCCCC3CCCNC3)cc(-c3ccc(OC4CCCCO4)cc3)nc2c1. The number of rotatable bonds is 8. The molecule has 0 spiro atoms. The van der Waals surface area contributed by atoms with Gasteiger partial charge in [-0.1, -0.05) is 18.2 Å². The number of hydrogen-bond acceptors (Lipinski definition) is 5. The monoisotopic (exact) mass is 445 g/mol. The summed E-state index contributed by atoms with van der Waals surface area (Å²) in [5.41, 5.74) is 4.25. The van der Waals surface area contributed by atoms with E-state index in [-0.39, 0.29) is 6.29 Å². The van der Waals surface area contributed by atoms with E-state index in [4.69, 9.17) is 14.5 Å². The Bertz CT molecular complexity index is 1020. The number of nitrogens with one attached hydrogen (secondary N) is 2. The fourth-order valence-electron chi connectivity index (χ4n) is 4.91. The third-order valence-corrected chi connectivity index (χ3v) is 6.78. The molecule has 2 N–H and O–H groups in total. The van der Waals surface area contributed by atoms with Crippen LogP contribution in [-0.2, 0) is 4.74 Å². The van der Waals surface area contributed by atoms with Gasteiger partial charge in [0, 0.05) is 29.6 Å². The number of benzene rings is 2. The summed E-state index contributed by atoms with van der Waals surface area (Å²) in [5.74, 6) is 1.67. The second-order valence-corrected chi connectivity index (χ2v) is 9.29. The highest BCUT2D eigenvalue weighted by atomic mass is 16.7. The van der Waals surface area contributed by atoms with Crippen LogP contribution in [0.5, 0.6) is 5.75 Å². The van der Waals surface area contributed by atoms with Gasteiger partial charge >= 0.3 is 0 Å². The Kier molecular flexibility index (Phi) is 7.39. The highest BCUT2D eigenvalue weighted by molar-refractivity contribution is 5.93. The molecule has 2 aromatic carbocycles. The number of para-hydroxylation sites is 1. The first-order valence-corrected chi connectivity index (χ1v) is 12.6. The molecule has 1 aromatic heterocycles. The lowest BCUT2D eigenvalue weighted by atomic mass is 9.95. The van der Waals surface area contributed by atoms with Crippen molar-refractivity contribution in [2.45, 2.75) is 51.2 Å². The van der Waals surface area contributed by atoms with Gasteiger partial charge in [0.15, 0.2) is 6.29 Å². The Morgan fingerprint density at radius 2 is 1.94 bits per heavy atom. The molecule has 0 aliphatic carbocycles. The van der Waals surface area contributed by atoms with E-state index in [1.165, 1.54) is 44.2 Å². The molecule has 3 aromatic rings. The zero-order valence-corrected chi connectivity index (χ0v) is 19.4. The fourth-order valence-corrected chi connectivity index (χ4v) is 4.91. The lowest BCUT2D eigenvalue weighted by molar-refractivity contribution is -0.105. The van der Waals surface area contributed by atoms with Gasteiger partial charge in [-0.25, -0.2) is 4.98 Å². The summed E-state index contributed by atoms with van der Waals surface area (Å²) in [6.07, 6.45) is 8.27. The third-order valence-electron chi connectivity index (χ3n) is 6.78. The molecule has 5 nitrogen and oxygen atoms in total. The van der Waals surface area contributed by atoms with Crippen LogP contribution in [0.15, 0.2) is 54.6 Å². The predicted molar refractivity (Wildman–Crippen MR) is 135 cm³/mol. The summed E-state index contributed by atoms with van der Waals surface area (Å²) < 4.78 is 11.7. The average molecular weight is 446 g/mol. The van der Waals surface area contributed by atoms with Crippen molar-refractivity contribution in [3.63, 3.8) is 0 Å².